The van der Waals surface area contributed by atoms with Gasteiger partial charge in [-0.15, -0.1) is 0 Å². The van der Waals surface area contributed by atoms with E-state index in [2.05, 4.69) is 6.92 Å². The van der Waals surface area contributed by atoms with Gasteiger partial charge < -0.3 is 15.2 Å². The highest BCUT2D eigenvalue weighted by molar-refractivity contribution is 6.31. The fourth-order valence-corrected chi connectivity index (χ4v) is 1.77. The van der Waals surface area contributed by atoms with Crippen LogP contribution in [-0.2, 0) is 6.42 Å². The third kappa shape index (κ3) is 2.19. The molecule has 82 valence electrons. The second kappa shape index (κ2) is 4.29. The van der Waals surface area contributed by atoms with Crippen LogP contribution in [0, 0.1) is 0 Å². The van der Waals surface area contributed by atoms with E-state index in [1.165, 1.54) is 0 Å². The lowest BCUT2D eigenvalue weighted by atomic mass is 10.0. The van der Waals surface area contributed by atoms with Crippen molar-refractivity contribution in [1.29, 1.82) is 0 Å². The number of ether oxygens (including phenoxy) is 2. The first kappa shape index (κ1) is 10.6. The predicted molar refractivity (Wildman–Crippen MR) is 59.5 cm³/mol. The van der Waals surface area contributed by atoms with Gasteiger partial charge >= 0.3 is 0 Å². The first-order valence-corrected chi connectivity index (χ1v) is 5.42. The van der Waals surface area contributed by atoms with Gasteiger partial charge in [0, 0.05) is 17.1 Å². The van der Waals surface area contributed by atoms with E-state index in [4.69, 9.17) is 26.8 Å². The normalized spacial score (nSPS) is 15.4. The molecule has 2 N–H and O–H groups in total. The molecule has 0 saturated heterocycles. The number of nitrogens with two attached hydrogens (primary N) is 1. The van der Waals surface area contributed by atoms with Crippen LogP contribution >= 0.6 is 11.6 Å². The minimum absolute atomic E-state index is 0.142. The molecule has 0 radical (unpaired) electrons. The van der Waals surface area contributed by atoms with E-state index in [9.17, 15) is 0 Å². The van der Waals surface area contributed by atoms with Crippen LogP contribution in [0.15, 0.2) is 12.1 Å². The molecule has 1 aliphatic rings. The molecule has 0 amide bonds. The summed E-state index contributed by atoms with van der Waals surface area (Å²) in [4.78, 5) is 0. The third-order valence-corrected chi connectivity index (χ3v) is 2.90. The zero-order valence-corrected chi connectivity index (χ0v) is 9.38. The largest absolute Gasteiger partial charge is 0.454 e. The molecule has 0 bridgehead atoms. The topological polar surface area (TPSA) is 44.5 Å². The second-order valence-electron chi connectivity index (χ2n) is 3.67. The first-order chi connectivity index (χ1) is 7.20. The molecule has 0 aliphatic carbocycles. The van der Waals surface area contributed by atoms with E-state index in [-0.39, 0.29) is 12.8 Å². The minimum Gasteiger partial charge on any atom is -0.454 e. The molecular weight excluding hydrogens is 214 g/mol. The summed E-state index contributed by atoms with van der Waals surface area (Å²) in [5, 5.41) is 0.697. The van der Waals surface area contributed by atoms with E-state index in [1.54, 1.807) is 6.07 Å². The number of halogens is 1. The summed E-state index contributed by atoms with van der Waals surface area (Å²) in [6, 6.07) is 3.85. The quantitative estimate of drug-likeness (QED) is 0.862. The monoisotopic (exact) mass is 227 g/mol. The van der Waals surface area contributed by atoms with Crippen LogP contribution in [-0.4, -0.2) is 12.8 Å². The minimum atomic E-state index is 0.142. The van der Waals surface area contributed by atoms with Gasteiger partial charge in [0.1, 0.15) is 0 Å². The average Bonchev–Trinajstić information content (AvgIpc) is 2.65. The molecule has 0 spiro atoms. The molecule has 2 rings (SSSR count). The zero-order valence-electron chi connectivity index (χ0n) is 8.63. The van der Waals surface area contributed by atoms with Crippen LogP contribution in [0.25, 0.3) is 0 Å². The first-order valence-electron chi connectivity index (χ1n) is 5.04. The summed E-state index contributed by atoms with van der Waals surface area (Å²) in [6.07, 6.45) is 1.71. The Labute approximate surface area is 94.1 Å². The molecule has 1 unspecified atom stereocenters. The third-order valence-electron chi connectivity index (χ3n) is 2.55. The highest BCUT2D eigenvalue weighted by Crippen LogP contribution is 2.37. The van der Waals surface area contributed by atoms with Crippen molar-refractivity contribution in [3.63, 3.8) is 0 Å². The van der Waals surface area contributed by atoms with Gasteiger partial charge in [-0.3, -0.25) is 0 Å². The van der Waals surface area contributed by atoms with Crippen LogP contribution in [0.3, 0.4) is 0 Å². The van der Waals surface area contributed by atoms with Gasteiger partial charge in [-0.1, -0.05) is 18.5 Å². The maximum Gasteiger partial charge on any atom is 0.231 e. The molecule has 1 heterocycles. The van der Waals surface area contributed by atoms with Gasteiger partial charge in [0.15, 0.2) is 11.5 Å². The van der Waals surface area contributed by atoms with Crippen molar-refractivity contribution in [1.82, 2.24) is 0 Å². The SMILES string of the molecule is CCC(N)Cc1cc2c(cc1Cl)OCO2. The van der Waals surface area contributed by atoms with Crippen LogP contribution in [0.5, 0.6) is 11.5 Å². The van der Waals surface area contributed by atoms with Crippen molar-refractivity contribution in [2.45, 2.75) is 25.8 Å². The van der Waals surface area contributed by atoms with Crippen molar-refractivity contribution in [2.24, 2.45) is 5.73 Å². The fraction of sp³-hybridized carbons (Fsp3) is 0.455. The van der Waals surface area contributed by atoms with Crippen molar-refractivity contribution in [3.8, 4) is 11.5 Å². The second-order valence-corrected chi connectivity index (χ2v) is 4.08. The van der Waals surface area contributed by atoms with Gasteiger partial charge in [-0.05, 0) is 24.5 Å². The van der Waals surface area contributed by atoms with Crippen molar-refractivity contribution in [3.05, 3.63) is 22.7 Å². The standard InChI is InChI=1S/C11H14ClNO2/c1-2-8(13)3-7-4-10-11(5-9(7)12)15-6-14-10/h4-5,8H,2-3,6,13H2,1H3. The summed E-state index contributed by atoms with van der Waals surface area (Å²) in [5.41, 5.74) is 6.91. The van der Waals surface area contributed by atoms with Crippen molar-refractivity contribution in [2.75, 3.05) is 6.79 Å². The lowest BCUT2D eigenvalue weighted by molar-refractivity contribution is 0.174. The Balaban J connectivity index is 2.24. The highest BCUT2D eigenvalue weighted by atomic mass is 35.5. The molecule has 1 aliphatic heterocycles. The molecule has 0 aromatic heterocycles. The average molecular weight is 228 g/mol. The maximum absolute atomic E-state index is 6.12. The Morgan fingerprint density at radius 1 is 1.40 bits per heavy atom. The van der Waals surface area contributed by atoms with Crippen LogP contribution in [0.1, 0.15) is 18.9 Å². The number of benzene rings is 1. The Kier molecular flexibility index (Phi) is 3.03. The van der Waals surface area contributed by atoms with E-state index in [0.29, 0.717) is 10.8 Å². The van der Waals surface area contributed by atoms with Gasteiger partial charge in [-0.2, -0.15) is 0 Å². The maximum atomic E-state index is 6.12. The summed E-state index contributed by atoms with van der Waals surface area (Å²) < 4.78 is 10.5. The van der Waals surface area contributed by atoms with E-state index in [1.807, 2.05) is 6.07 Å². The van der Waals surface area contributed by atoms with Crippen LogP contribution in [0.2, 0.25) is 5.02 Å². The molecule has 4 heteroatoms. The Morgan fingerprint density at radius 2 is 2.07 bits per heavy atom. The molecule has 0 fully saturated rings. The van der Waals surface area contributed by atoms with E-state index in [0.717, 1.165) is 24.2 Å². The summed E-state index contributed by atoms with van der Waals surface area (Å²) in [5.74, 6) is 1.48. The lowest BCUT2D eigenvalue weighted by Crippen LogP contribution is -2.21. The van der Waals surface area contributed by atoms with Gasteiger partial charge in [0.05, 0.1) is 0 Å². The Morgan fingerprint density at radius 3 is 2.73 bits per heavy atom. The van der Waals surface area contributed by atoms with Crippen molar-refractivity contribution >= 4 is 11.6 Å². The van der Waals surface area contributed by atoms with Gasteiger partial charge in [0.25, 0.3) is 0 Å². The summed E-state index contributed by atoms with van der Waals surface area (Å²) in [7, 11) is 0. The highest BCUT2D eigenvalue weighted by Gasteiger charge is 2.17. The molecule has 3 nitrogen and oxygen atoms in total. The molecule has 1 aromatic rings. The molecule has 1 aromatic carbocycles. The summed E-state index contributed by atoms with van der Waals surface area (Å²) in [6.45, 7) is 2.33. The smallest absolute Gasteiger partial charge is 0.231 e. The van der Waals surface area contributed by atoms with E-state index >= 15 is 0 Å². The lowest BCUT2D eigenvalue weighted by Gasteiger charge is -2.10. The number of rotatable bonds is 3. The fourth-order valence-electron chi connectivity index (χ4n) is 1.54. The van der Waals surface area contributed by atoms with Gasteiger partial charge in [0.2, 0.25) is 6.79 Å². The molecule has 1 atom stereocenters. The number of fused-ring (bicyclic) bond motifs is 1. The van der Waals surface area contributed by atoms with Crippen molar-refractivity contribution < 1.29 is 9.47 Å². The summed E-state index contributed by atoms with van der Waals surface area (Å²) >= 11 is 6.12. The van der Waals surface area contributed by atoms with E-state index < -0.39 is 0 Å². The number of hydrogen-bond donors (Lipinski definition) is 1. The van der Waals surface area contributed by atoms with Gasteiger partial charge in [-0.25, -0.2) is 0 Å². The predicted octanol–water partition coefficient (Wildman–Crippen LogP) is 2.35. The Bertz CT molecular complexity index is 368. The molecule has 0 saturated carbocycles. The van der Waals surface area contributed by atoms with Crippen LogP contribution < -0.4 is 15.2 Å². The molecular formula is C11H14ClNO2. The van der Waals surface area contributed by atoms with Crippen LogP contribution in [0.4, 0.5) is 0 Å². The Hall–Kier alpha value is -0.930. The molecule has 15 heavy (non-hydrogen) atoms. The zero-order chi connectivity index (χ0) is 10.8. The number of hydrogen-bond acceptors (Lipinski definition) is 3.